The van der Waals surface area contributed by atoms with Crippen LogP contribution in [0.4, 0.5) is 0 Å². The molecule has 2 N–H and O–H groups in total. The van der Waals surface area contributed by atoms with E-state index in [1.165, 1.54) is 37.1 Å². The van der Waals surface area contributed by atoms with Gasteiger partial charge in [0.05, 0.1) is 18.1 Å². The number of benzene rings is 1. The molecule has 0 spiro atoms. The summed E-state index contributed by atoms with van der Waals surface area (Å²) in [4.78, 5) is 12.8. The standard InChI is InChI=1S/C14H18N2.NO3/c1-2-7-13-11(4-1)5-3-6-12(13)10-14-15-8-9-16-14;2-1(3)4/h3,5-6H,1-2,4,7-10H2,(H,15,16);/q;-1/p+1. The average Bonchev–Trinajstić information content (AvgIpc) is 2.91. The monoisotopic (exact) mass is 277 g/mol. The number of fused-ring (bicyclic) bond motifs is 1. The molecule has 108 valence electrons. The highest BCUT2D eigenvalue weighted by molar-refractivity contribution is 5.76. The van der Waals surface area contributed by atoms with Gasteiger partial charge in [-0.3, -0.25) is 5.32 Å². The summed E-state index contributed by atoms with van der Waals surface area (Å²) >= 11 is 0. The highest BCUT2D eigenvalue weighted by atomic mass is 16.9. The molecule has 0 radical (unpaired) electrons. The van der Waals surface area contributed by atoms with Crippen molar-refractivity contribution in [2.24, 2.45) is 4.99 Å². The van der Waals surface area contributed by atoms with Crippen LogP contribution in [-0.2, 0) is 19.3 Å². The molecule has 0 unspecified atom stereocenters. The van der Waals surface area contributed by atoms with Crippen molar-refractivity contribution in [3.8, 4) is 0 Å². The molecule has 6 heteroatoms. The van der Waals surface area contributed by atoms with E-state index in [0.29, 0.717) is 0 Å². The maximum atomic E-state index is 8.25. The lowest BCUT2D eigenvalue weighted by molar-refractivity contribution is -0.529. The first-order valence-corrected chi connectivity index (χ1v) is 6.94. The van der Waals surface area contributed by atoms with Crippen molar-refractivity contribution in [1.82, 2.24) is 0 Å². The number of amidine groups is 1. The third-order valence-electron chi connectivity index (χ3n) is 3.69. The molecule has 1 aliphatic carbocycles. The normalized spacial score (nSPS) is 16.7. The number of nitrogens with two attached hydrogens (primary N) is 1. The highest BCUT2D eigenvalue weighted by Crippen LogP contribution is 2.24. The van der Waals surface area contributed by atoms with E-state index in [1.807, 2.05) is 0 Å². The van der Waals surface area contributed by atoms with Crippen molar-refractivity contribution < 1.29 is 10.4 Å². The summed E-state index contributed by atoms with van der Waals surface area (Å²) in [6.45, 7) is 2.15. The maximum Gasteiger partial charge on any atom is 0.199 e. The molecule has 0 fully saturated rings. The van der Waals surface area contributed by atoms with Crippen molar-refractivity contribution in [2.45, 2.75) is 32.1 Å². The minimum Gasteiger partial charge on any atom is -0.356 e. The SMILES string of the molecule is O=[N+]([O-])[O-].c1cc2c(c(CC3=NCC[NH2+]3)c1)CCCC2. The van der Waals surface area contributed by atoms with Crippen LogP contribution in [0.25, 0.3) is 0 Å². The summed E-state index contributed by atoms with van der Waals surface area (Å²) in [5.41, 5.74) is 4.73. The lowest BCUT2D eigenvalue weighted by atomic mass is 9.87. The Labute approximate surface area is 117 Å². The first kappa shape index (κ1) is 14.5. The molecule has 2 aliphatic rings. The van der Waals surface area contributed by atoms with Crippen LogP contribution in [0.15, 0.2) is 23.2 Å². The van der Waals surface area contributed by atoms with E-state index >= 15 is 0 Å². The van der Waals surface area contributed by atoms with Crippen molar-refractivity contribution in [2.75, 3.05) is 13.1 Å². The van der Waals surface area contributed by atoms with E-state index in [-0.39, 0.29) is 0 Å². The lowest BCUT2D eigenvalue weighted by Crippen LogP contribution is -2.86. The lowest BCUT2D eigenvalue weighted by Gasteiger charge is -2.18. The van der Waals surface area contributed by atoms with Gasteiger partial charge in [0.1, 0.15) is 6.54 Å². The number of hydrogen-bond acceptors (Lipinski definition) is 4. The van der Waals surface area contributed by atoms with Gasteiger partial charge in [0.25, 0.3) is 0 Å². The fourth-order valence-electron chi connectivity index (χ4n) is 2.85. The van der Waals surface area contributed by atoms with Gasteiger partial charge in [-0.1, -0.05) is 18.2 Å². The zero-order valence-corrected chi connectivity index (χ0v) is 11.4. The second-order valence-electron chi connectivity index (χ2n) is 5.03. The van der Waals surface area contributed by atoms with Gasteiger partial charge in [0, 0.05) is 0 Å². The van der Waals surface area contributed by atoms with Crippen LogP contribution in [-0.4, -0.2) is 24.0 Å². The highest BCUT2D eigenvalue weighted by Gasteiger charge is 2.17. The number of aliphatic imine (C=N–C) groups is 1. The van der Waals surface area contributed by atoms with E-state index in [2.05, 4.69) is 28.5 Å². The third kappa shape index (κ3) is 4.03. The summed E-state index contributed by atoms with van der Waals surface area (Å²) in [5, 5.41) is 17.0. The Kier molecular flexibility index (Phi) is 5.06. The van der Waals surface area contributed by atoms with E-state index < -0.39 is 5.09 Å². The largest absolute Gasteiger partial charge is 0.356 e. The smallest absolute Gasteiger partial charge is 0.199 e. The van der Waals surface area contributed by atoms with E-state index in [4.69, 9.17) is 15.3 Å². The van der Waals surface area contributed by atoms with Crippen molar-refractivity contribution in [1.29, 1.82) is 0 Å². The van der Waals surface area contributed by atoms with Gasteiger partial charge >= 0.3 is 0 Å². The van der Waals surface area contributed by atoms with Crippen LogP contribution in [0.5, 0.6) is 0 Å². The molecule has 0 amide bonds. The van der Waals surface area contributed by atoms with Crippen LogP contribution < -0.4 is 5.32 Å². The Morgan fingerprint density at radius 3 is 2.70 bits per heavy atom. The third-order valence-corrected chi connectivity index (χ3v) is 3.69. The van der Waals surface area contributed by atoms with Gasteiger partial charge in [-0.25, -0.2) is 4.99 Å². The van der Waals surface area contributed by atoms with Gasteiger partial charge in [-0.05, 0) is 42.4 Å². The summed E-state index contributed by atoms with van der Waals surface area (Å²) < 4.78 is 0. The summed E-state index contributed by atoms with van der Waals surface area (Å²) in [6.07, 6.45) is 6.34. The van der Waals surface area contributed by atoms with Crippen LogP contribution in [0.2, 0.25) is 0 Å². The molecule has 0 atom stereocenters. The molecule has 0 saturated carbocycles. The molecule has 20 heavy (non-hydrogen) atoms. The summed E-state index contributed by atoms with van der Waals surface area (Å²) in [6, 6.07) is 6.81. The Hall–Kier alpha value is -1.95. The Morgan fingerprint density at radius 1 is 1.25 bits per heavy atom. The molecule has 3 rings (SSSR count). The Balaban J connectivity index is 0.000000328. The molecule has 1 heterocycles. The van der Waals surface area contributed by atoms with Crippen molar-refractivity contribution in [3.63, 3.8) is 0 Å². The zero-order chi connectivity index (χ0) is 14.4. The van der Waals surface area contributed by atoms with E-state index in [0.717, 1.165) is 19.5 Å². The van der Waals surface area contributed by atoms with Gasteiger partial charge in [-0.15, -0.1) is 0 Å². The second kappa shape index (κ2) is 7.00. The summed E-state index contributed by atoms with van der Waals surface area (Å²) in [5.74, 6) is 1.30. The number of rotatable bonds is 2. The van der Waals surface area contributed by atoms with E-state index in [9.17, 15) is 0 Å². The quantitative estimate of drug-likeness (QED) is 0.641. The topological polar surface area (TPSA) is 95.2 Å². The molecule has 0 bridgehead atoms. The zero-order valence-electron chi connectivity index (χ0n) is 11.4. The minimum absolute atomic E-state index is 1.00. The molecular weight excluding hydrogens is 258 g/mol. The molecule has 0 saturated heterocycles. The maximum absolute atomic E-state index is 8.25. The summed E-state index contributed by atoms with van der Waals surface area (Å²) in [7, 11) is 0. The number of quaternary nitrogens is 1. The molecular formula is C14H19N3O3. The van der Waals surface area contributed by atoms with Crippen LogP contribution in [0, 0.1) is 15.3 Å². The molecule has 1 aliphatic heterocycles. The van der Waals surface area contributed by atoms with Gasteiger partial charge in [0.15, 0.2) is 5.84 Å². The van der Waals surface area contributed by atoms with Crippen LogP contribution >= 0.6 is 0 Å². The first-order valence-electron chi connectivity index (χ1n) is 6.94. The number of aryl methyl sites for hydroxylation is 1. The average molecular weight is 277 g/mol. The number of nitrogens with zero attached hydrogens (tertiary/aromatic N) is 2. The van der Waals surface area contributed by atoms with Gasteiger partial charge in [-0.2, -0.15) is 0 Å². The van der Waals surface area contributed by atoms with Gasteiger partial charge in [0.2, 0.25) is 0 Å². The molecule has 1 aromatic carbocycles. The number of hydrogen-bond donors (Lipinski definition) is 1. The van der Waals surface area contributed by atoms with Crippen LogP contribution in [0.1, 0.15) is 29.5 Å². The molecule has 0 aromatic heterocycles. The predicted octanol–water partition coefficient (Wildman–Crippen LogP) is 0.844. The minimum atomic E-state index is -1.75. The fraction of sp³-hybridized carbons (Fsp3) is 0.500. The Bertz CT molecular complexity index is 510. The van der Waals surface area contributed by atoms with Crippen molar-refractivity contribution >= 4 is 5.84 Å². The van der Waals surface area contributed by atoms with Crippen LogP contribution in [0.3, 0.4) is 0 Å². The fourth-order valence-corrected chi connectivity index (χ4v) is 2.85. The molecule has 6 nitrogen and oxygen atoms in total. The van der Waals surface area contributed by atoms with E-state index in [1.54, 1.807) is 11.1 Å². The second-order valence-corrected chi connectivity index (χ2v) is 5.03. The van der Waals surface area contributed by atoms with Crippen molar-refractivity contribution in [3.05, 3.63) is 50.2 Å². The molecule has 1 aromatic rings. The predicted molar refractivity (Wildman–Crippen MR) is 76.2 cm³/mol. The van der Waals surface area contributed by atoms with Gasteiger partial charge < -0.3 is 15.3 Å². The Morgan fingerprint density at radius 2 is 2.00 bits per heavy atom. The first-order chi connectivity index (χ1) is 9.66.